The Bertz CT molecular complexity index is 1060. The average molecular weight is 381 g/mol. The first-order valence-corrected chi connectivity index (χ1v) is 8.54. The molecule has 0 saturated heterocycles. The van der Waals surface area contributed by atoms with E-state index in [0.717, 1.165) is 34.5 Å². The summed E-state index contributed by atoms with van der Waals surface area (Å²) >= 11 is 0. The molecule has 3 aromatic rings. The van der Waals surface area contributed by atoms with Crippen LogP contribution in [0.1, 0.15) is 28.7 Å². The average Bonchev–Trinajstić information content (AvgIpc) is 3.00. The summed E-state index contributed by atoms with van der Waals surface area (Å²) in [6, 6.07) is 5.46. The molecule has 2 aromatic heterocycles. The zero-order chi connectivity index (χ0) is 20.3. The van der Waals surface area contributed by atoms with Crippen LogP contribution in [0.3, 0.4) is 0 Å². The van der Waals surface area contributed by atoms with Crippen molar-refractivity contribution >= 4 is 11.7 Å². The minimum Gasteiger partial charge on any atom is -0.309 e. The van der Waals surface area contributed by atoms with Crippen molar-refractivity contribution in [2.75, 3.05) is 5.32 Å². The van der Waals surface area contributed by atoms with Crippen molar-refractivity contribution in [3.05, 3.63) is 64.5 Å². The Kier molecular flexibility index (Phi) is 5.45. The number of nitriles is 1. The Balaban J connectivity index is 1.68. The molecule has 0 unspecified atom stereocenters. The number of benzene rings is 1. The third-order valence-corrected chi connectivity index (χ3v) is 4.41. The number of hydrogen-bond donors (Lipinski definition) is 2. The quantitative estimate of drug-likeness (QED) is 0.703. The van der Waals surface area contributed by atoms with Gasteiger partial charge in [-0.25, -0.2) is 8.78 Å². The van der Waals surface area contributed by atoms with Gasteiger partial charge < -0.3 is 5.32 Å². The van der Waals surface area contributed by atoms with E-state index in [1.165, 1.54) is 6.07 Å². The van der Waals surface area contributed by atoms with Crippen LogP contribution >= 0.6 is 0 Å². The third kappa shape index (κ3) is 3.88. The van der Waals surface area contributed by atoms with Crippen LogP contribution in [0.5, 0.6) is 0 Å². The van der Waals surface area contributed by atoms with Gasteiger partial charge >= 0.3 is 0 Å². The van der Waals surface area contributed by atoms with Crippen molar-refractivity contribution in [2.45, 2.75) is 26.7 Å². The Morgan fingerprint density at radius 1 is 1.29 bits per heavy atom. The first-order chi connectivity index (χ1) is 13.4. The number of anilines is 1. The summed E-state index contributed by atoms with van der Waals surface area (Å²) in [6.45, 7) is 3.76. The van der Waals surface area contributed by atoms with Gasteiger partial charge in [-0.15, -0.1) is 0 Å². The number of carbonyl (C=O) groups excluding carboxylic acids is 1. The fraction of sp³-hybridized carbons (Fsp3) is 0.200. The van der Waals surface area contributed by atoms with Crippen molar-refractivity contribution in [3.8, 4) is 17.3 Å². The number of aromatic nitrogens is 3. The van der Waals surface area contributed by atoms with E-state index in [-0.39, 0.29) is 18.7 Å². The standard InChI is InChI=1S/C20H17F2N5O/c1-11-10-24-6-5-14(11)19-12(2)20(27-26-19)25-18(28)4-3-13-7-16(21)15(9-23)17(22)8-13/h5-8,10H,3-4H2,1-2H3,(H2,25,26,27,28). The van der Waals surface area contributed by atoms with Gasteiger partial charge in [0, 0.05) is 29.9 Å². The second kappa shape index (κ2) is 7.96. The highest BCUT2D eigenvalue weighted by Crippen LogP contribution is 2.27. The van der Waals surface area contributed by atoms with Crippen molar-refractivity contribution in [2.24, 2.45) is 0 Å². The molecule has 0 bridgehead atoms. The molecular formula is C20H17F2N5O. The number of hydrogen-bond acceptors (Lipinski definition) is 4. The highest BCUT2D eigenvalue weighted by molar-refractivity contribution is 5.91. The van der Waals surface area contributed by atoms with Crippen LogP contribution < -0.4 is 5.32 Å². The number of halogens is 2. The second-order valence-electron chi connectivity index (χ2n) is 6.36. The number of carbonyl (C=O) groups is 1. The molecule has 142 valence electrons. The maximum Gasteiger partial charge on any atom is 0.225 e. The second-order valence-corrected chi connectivity index (χ2v) is 6.36. The van der Waals surface area contributed by atoms with E-state index < -0.39 is 17.2 Å². The van der Waals surface area contributed by atoms with Gasteiger partial charge in [-0.1, -0.05) is 0 Å². The summed E-state index contributed by atoms with van der Waals surface area (Å²) in [5.41, 5.74) is 3.14. The molecule has 0 aliphatic rings. The number of H-pyrrole nitrogens is 1. The maximum atomic E-state index is 13.7. The van der Waals surface area contributed by atoms with Gasteiger partial charge in [0.15, 0.2) is 5.82 Å². The van der Waals surface area contributed by atoms with E-state index in [1.807, 2.05) is 19.9 Å². The van der Waals surface area contributed by atoms with Gasteiger partial charge in [-0.2, -0.15) is 10.4 Å². The molecule has 3 rings (SSSR count). The topological polar surface area (TPSA) is 94.5 Å². The number of aryl methyl sites for hydroxylation is 2. The van der Waals surface area contributed by atoms with Crippen molar-refractivity contribution in [3.63, 3.8) is 0 Å². The monoisotopic (exact) mass is 381 g/mol. The van der Waals surface area contributed by atoms with Crippen molar-refractivity contribution in [1.29, 1.82) is 5.26 Å². The number of rotatable bonds is 5. The van der Waals surface area contributed by atoms with E-state index in [4.69, 9.17) is 5.26 Å². The molecule has 2 N–H and O–H groups in total. The molecule has 0 aliphatic heterocycles. The van der Waals surface area contributed by atoms with E-state index in [9.17, 15) is 13.6 Å². The van der Waals surface area contributed by atoms with Crippen LogP contribution in [0.2, 0.25) is 0 Å². The molecule has 28 heavy (non-hydrogen) atoms. The summed E-state index contributed by atoms with van der Waals surface area (Å²) in [5.74, 6) is -1.80. The Hall–Kier alpha value is -3.60. The summed E-state index contributed by atoms with van der Waals surface area (Å²) in [4.78, 5) is 16.3. The van der Waals surface area contributed by atoms with Crippen LogP contribution in [0.25, 0.3) is 11.3 Å². The molecule has 8 heteroatoms. The highest BCUT2D eigenvalue weighted by Gasteiger charge is 2.15. The molecular weight excluding hydrogens is 364 g/mol. The lowest BCUT2D eigenvalue weighted by atomic mass is 10.1. The zero-order valence-electron chi connectivity index (χ0n) is 15.3. The third-order valence-electron chi connectivity index (χ3n) is 4.41. The first-order valence-electron chi connectivity index (χ1n) is 8.54. The largest absolute Gasteiger partial charge is 0.309 e. The summed E-state index contributed by atoms with van der Waals surface area (Å²) in [6.07, 6.45) is 3.56. The minimum atomic E-state index is -0.932. The van der Waals surface area contributed by atoms with Crippen LogP contribution in [0.4, 0.5) is 14.6 Å². The molecule has 0 atom stereocenters. The number of pyridine rings is 1. The minimum absolute atomic E-state index is 0.0146. The van der Waals surface area contributed by atoms with E-state index in [1.54, 1.807) is 12.4 Å². The molecule has 0 spiro atoms. The van der Waals surface area contributed by atoms with Gasteiger partial charge in [0.1, 0.15) is 23.3 Å². The van der Waals surface area contributed by atoms with Crippen LogP contribution in [-0.4, -0.2) is 21.1 Å². The zero-order valence-corrected chi connectivity index (χ0v) is 15.3. The van der Waals surface area contributed by atoms with Crippen LogP contribution in [0.15, 0.2) is 30.6 Å². The van der Waals surface area contributed by atoms with Crippen molar-refractivity contribution in [1.82, 2.24) is 15.2 Å². The molecule has 2 heterocycles. The number of aromatic amines is 1. The lowest BCUT2D eigenvalue weighted by molar-refractivity contribution is -0.116. The SMILES string of the molecule is Cc1cnccc1-c1[nH]nc(NC(=O)CCc2cc(F)c(C#N)c(F)c2)c1C. The Morgan fingerprint density at radius 2 is 2.00 bits per heavy atom. The fourth-order valence-corrected chi connectivity index (χ4v) is 2.86. The van der Waals surface area contributed by atoms with Gasteiger partial charge in [-0.05, 0) is 49.6 Å². The van der Waals surface area contributed by atoms with E-state index in [2.05, 4.69) is 20.5 Å². The normalized spacial score (nSPS) is 10.5. The molecule has 1 aromatic carbocycles. The number of nitrogens with one attached hydrogen (secondary N) is 2. The van der Waals surface area contributed by atoms with Crippen LogP contribution in [-0.2, 0) is 11.2 Å². The lowest BCUT2D eigenvalue weighted by Crippen LogP contribution is -2.13. The van der Waals surface area contributed by atoms with Gasteiger partial charge in [0.2, 0.25) is 5.91 Å². The number of nitrogens with zero attached hydrogens (tertiary/aromatic N) is 3. The molecule has 6 nitrogen and oxygen atoms in total. The van der Waals surface area contributed by atoms with Crippen LogP contribution in [0, 0.1) is 36.8 Å². The summed E-state index contributed by atoms with van der Waals surface area (Å²) in [5, 5.41) is 18.5. The van der Waals surface area contributed by atoms with E-state index in [0.29, 0.717) is 11.4 Å². The lowest BCUT2D eigenvalue weighted by Gasteiger charge is -2.06. The molecule has 0 aliphatic carbocycles. The first kappa shape index (κ1) is 19.2. The Labute approximate surface area is 160 Å². The Morgan fingerprint density at radius 3 is 2.64 bits per heavy atom. The molecule has 1 amide bonds. The smallest absolute Gasteiger partial charge is 0.225 e. The predicted molar refractivity (Wildman–Crippen MR) is 99.3 cm³/mol. The van der Waals surface area contributed by atoms with E-state index >= 15 is 0 Å². The predicted octanol–water partition coefficient (Wildman–Crippen LogP) is 3.81. The molecule has 0 fully saturated rings. The summed E-state index contributed by atoms with van der Waals surface area (Å²) in [7, 11) is 0. The molecule has 0 radical (unpaired) electrons. The summed E-state index contributed by atoms with van der Waals surface area (Å²) < 4.78 is 27.3. The van der Waals surface area contributed by atoms with Crippen molar-refractivity contribution < 1.29 is 13.6 Å². The van der Waals surface area contributed by atoms with Gasteiger partial charge in [0.25, 0.3) is 0 Å². The maximum absolute atomic E-state index is 13.7. The molecule has 0 saturated carbocycles. The fourth-order valence-electron chi connectivity index (χ4n) is 2.86. The van der Waals surface area contributed by atoms with Gasteiger partial charge in [-0.3, -0.25) is 14.9 Å². The highest BCUT2D eigenvalue weighted by atomic mass is 19.1. The van der Waals surface area contributed by atoms with Gasteiger partial charge in [0.05, 0.1) is 5.69 Å². The number of amides is 1.